The Kier molecular flexibility index (Phi) is 5.82. The maximum atomic E-state index is 12.7. The fourth-order valence-electron chi connectivity index (χ4n) is 4.99. The van der Waals surface area contributed by atoms with Crippen LogP contribution in [0.4, 0.5) is 0 Å². The van der Waals surface area contributed by atoms with E-state index in [4.69, 9.17) is 4.43 Å². The smallest absolute Gasteiger partial charge is 0.258 e. The fourth-order valence-corrected chi connectivity index (χ4v) is 10.3. The first-order valence-corrected chi connectivity index (χ1v) is 11.8. The predicted octanol–water partition coefficient (Wildman–Crippen LogP) is 5.58. The molecule has 0 aromatic rings. The molecule has 0 aromatic carbocycles. The van der Waals surface area contributed by atoms with Crippen molar-refractivity contribution in [2.75, 3.05) is 0 Å². The molecule has 0 spiro atoms. The van der Waals surface area contributed by atoms with Crippen molar-refractivity contribution in [1.29, 1.82) is 0 Å². The number of fused-ring (bicyclic) bond motifs is 1. The summed E-state index contributed by atoms with van der Waals surface area (Å²) in [7, 11) is -2.02. The molecule has 0 saturated heterocycles. The second kappa shape index (κ2) is 7.22. The zero-order valence-electron chi connectivity index (χ0n) is 17.1. The third-order valence-corrected chi connectivity index (χ3v) is 12.5. The molecule has 0 amide bonds. The average Bonchev–Trinajstić information content (AvgIpc) is 2.54. The van der Waals surface area contributed by atoms with E-state index in [1.54, 1.807) is 13.8 Å². The third-order valence-electron chi connectivity index (χ3n) is 6.46. The molecule has 0 N–H and O–H groups in total. The van der Waals surface area contributed by atoms with Crippen LogP contribution in [0.1, 0.15) is 68.2 Å². The largest absolute Gasteiger partial charge is 0.546 e. The molecule has 0 bridgehead atoms. The fraction of sp³-hybridized carbons (Fsp3) is 0.714. The van der Waals surface area contributed by atoms with Crippen molar-refractivity contribution in [1.82, 2.24) is 0 Å². The molecule has 0 unspecified atom stereocenters. The highest BCUT2D eigenvalue weighted by Gasteiger charge is 2.48. The standard InChI is InChI=1S/C21H34O3Si/c1-12(2)25(13(3)4,14(5)6)24-17-9-10-18-19(11-17)21(23)16(8)15(7)20(18)22/h11-14,18-19H,9-10H2,1-8H3/t18-,19+/m0/s1. The van der Waals surface area contributed by atoms with Crippen LogP contribution >= 0.6 is 0 Å². The van der Waals surface area contributed by atoms with Gasteiger partial charge in [-0.3, -0.25) is 9.59 Å². The quantitative estimate of drug-likeness (QED) is 0.600. The van der Waals surface area contributed by atoms with E-state index in [0.717, 1.165) is 18.6 Å². The van der Waals surface area contributed by atoms with Crippen LogP contribution in [0.25, 0.3) is 0 Å². The Balaban J connectivity index is 2.38. The first kappa shape index (κ1) is 20.2. The molecule has 2 rings (SSSR count). The average molecular weight is 363 g/mol. The molecule has 0 radical (unpaired) electrons. The summed E-state index contributed by atoms with van der Waals surface area (Å²) in [4.78, 5) is 25.3. The van der Waals surface area contributed by atoms with Crippen molar-refractivity contribution in [2.24, 2.45) is 11.8 Å². The van der Waals surface area contributed by atoms with Gasteiger partial charge in [0.15, 0.2) is 11.6 Å². The topological polar surface area (TPSA) is 43.4 Å². The highest BCUT2D eigenvalue weighted by molar-refractivity contribution is 6.77. The van der Waals surface area contributed by atoms with Crippen LogP contribution < -0.4 is 0 Å². The van der Waals surface area contributed by atoms with E-state index in [0.29, 0.717) is 27.8 Å². The molecule has 0 fully saturated rings. The minimum atomic E-state index is -2.02. The monoisotopic (exact) mass is 362 g/mol. The highest BCUT2D eigenvalue weighted by atomic mass is 28.4. The number of carbonyl (C=O) groups excluding carboxylic acids is 2. The van der Waals surface area contributed by atoms with Crippen LogP contribution in [0.2, 0.25) is 16.6 Å². The Morgan fingerprint density at radius 2 is 1.40 bits per heavy atom. The van der Waals surface area contributed by atoms with E-state index in [1.165, 1.54) is 0 Å². The van der Waals surface area contributed by atoms with Gasteiger partial charge in [0.1, 0.15) is 0 Å². The summed E-state index contributed by atoms with van der Waals surface area (Å²) in [5.41, 5.74) is 2.78. The zero-order chi connectivity index (χ0) is 19.1. The molecular formula is C21H34O3Si. The van der Waals surface area contributed by atoms with Gasteiger partial charge in [0.2, 0.25) is 0 Å². The van der Waals surface area contributed by atoms with Crippen molar-refractivity contribution in [3.05, 3.63) is 23.0 Å². The maximum absolute atomic E-state index is 12.7. The summed E-state index contributed by atoms with van der Waals surface area (Å²) >= 11 is 0. The van der Waals surface area contributed by atoms with E-state index in [1.807, 2.05) is 6.08 Å². The van der Waals surface area contributed by atoms with Crippen molar-refractivity contribution in [3.63, 3.8) is 0 Å². The molecule has 0 aliphatic heterocycles. The lowest BCUT2D eigenvalue weighted by molar-refractivity contribution is -0.129. The first-order chi connectivity index (χ1) is 11.5. The SMILES string of the molecule is CC1=C(C)C(=O)[C@@H]2C=C(O[Si](C(C)C)(C(C)C)C(C)C)CC[C@@H]2C1=O. The lowest BCUT2D eigenvalue weighted by atomic mass is 9.70. The van der Waals surface area contributed by atoms with Crippen molar-refractivity contribution in [3.8, 4) is 0 Å². The van der Waals surface area contributed by atoms with Gasteiger partial charge >= 0.3 is 0 Å². The molecule has 3 nitrogen and oxygen atoms in total. The zero-order valence-corrected chi connectivity index (χ0v) is 18.1. The summed E-state index contributed by atoms with van der Waals surface area (Å²) in [6.07, 6.45) is 3.48. The molecule has 140 valence electrons. The van der Waals surface area contributed by atoms with Gasteiger partial charge in [-0.25, -0.2) is 0 Å². The minimum Gasteiger partial charge on any atom is -0.546 e. The van der Waals surface area contributed by atoms with E-state index < -0.39 is 8.32 Å². The molecule has 0 aromatic heterocycles. The van der Waals surface area contributed by atoms with Crippen LogP contribution in [0.5, 0.6) is 0 Å². The third kappa shape index (κ3) is 3.30. The number of ketones is 2. The Bertz CT molecular complexity index is 603. The van der Waals surface area contributed by atoms with Crippen LogP contribution in [-0.2, 0) is 14.0 Å². The van der Waals surface area contributed by atoms with Crippen LogP contribution in [0.3, 0.4) is 0 Å². The van der Waals surface area contributed by atoms with Crippen LogP contribution in [0.15, 0.2) is 23.0 Å². The van der Waals surface area contributed by atoms with E-state index >= 15 is 0 Å². The first-order valence-electron chi connectivity index (χ1n) is 9.69. The summed E-state index contributed by atoms with van der Waals surface area (Å²) in [5, 5.41) is 0. The molecular weight excluding hydrogens is 328 g/mol. The molecule has 2 atom stereocenters. The number of carbonyl (C=O) groups is 2. The summed E-state index contributed by atoms with van der Waals surface area (Å²) in [5.74, 6) is 0.707. The lowest BCUT2D eigenvalue weighted by Crippen LogP contribution is -2.48. The van der Waals surface area contributed by atoms with Gasteiger partial charge in [0, 0.05) is 12.3 Å². The number of hydrogen-bond donors (Lipinski definition) is 0. The van der Waals surface area contributed by atoms with Crippen molar-refractivity contribution >= 4 is 19.9 Å². The molecule has 25 heavy (non-hydrogen) atoms. The number of hydrogen-bond acceptors (Lipinski definition) is 3. The molecule has 0 heterocycles. The van der Waals surface area contributed by atoms with E-state index in [9.17, 15) is 9.59 Å². The van der Waals surface area contributed by atoms with Gasteiger partial charge in [-0.2, -0.15) is 0 Å². The normalized spacial score (nSPS) is 25.0. The van der Waals surface area contributed by atoms with E-state index in [2.05, 4.69) is 41.5 Å². The Morgan fingerprint density at radius 1 is 0.920 bits per heavy atom. The van der Waals surface area contributed by atoms with Gasteiger partial charge in [-0.05, 0) is 54.1 Å². The number of rotatable bonds is 5. The van der Waals surface area contributed by atoms with Gasteiger partial charge in [-0.1, -0.05) is 41.5 Å². The number of Topliss-reactive ketones (excluding diaryl/α,β-unsaturated/α-hetero) is 2. The van der Waals surface area contributed by atoms with Gasteiger partial charge < -0.3 is 4.43 Å². The van der Waals surface area contributed by atoms with Crippen molar-refractivity contribution in [2.45, 2.75) is 84.9 Å². The Morgan fingerprint density at radius 3 is 1.88 bits per heavy atom. The molecule has 2 aliphatic carbocycles. The highest BCUT2D eigenvalue weighted by Crippen LogP contribution is 2.46. The maximum Gasteiger partial charge on any atom is 0.258 e. The van der Waals surface area contributed by atoms with E-state index in [-0.39, 0.29) is 23.4 Å². The second-order valence-corrected chi connectivity index (χ2v) is 14.1. The second-order valence-electron chi connectivity index (χ2n) is 8.70. The van der Waals surface area contributed by atoms with Gasteiger partial charge in [0.25, 0.3) is 8.32 Å². The minimum absolute atomic E-state index is 0.105. The predicted molar refractivity (Wildman–Crippen MR) is 105 cm³/mol. The summed E-state index contributed by atoms with van der Waals surface area (Å²) in [6, 6.07) is 0. The Hall–Kier alpha value is -1.16. The van der Waals surface area contributed by atoms with Gasteiger partial charge in [0.05, 0.1) is 11.7 Å². The lowest BCUT2D eigenvalue weighted by Gasteiger charge is -2.44. The molecule has 0 saturated carbocycles. The van der Waals surface area contributed by atoms with Gasteiger partial charge in [-0.15, -0.1) is 0 Å². The summed E-state index contributed by atoms with van der Waals surface area (Å²) < 4.78 is 6.78. The molecule has 2 aliphatic rings. The molecule has 4 heteroatoms. The van der Waals surface area contributed by atoms with Crippen LogP contribution in [-0.4, -0.2) is 19.9 Å². The Labute approximate surface area is 154 Å². The van der Waals surface area contributed by atoms with Crippen molar-refractivity contribution < 1.29 is 14.0 Å². The van der Waals surface area contributed by atoms with Crippen LogP contribution in [0, 0.1) is 11.8 Å². The number of allylic oxidation sites excluding steroid dienone is 4. The summed E-state index contributed by atoms with van der Waals surface area (Å²) in [6.45, 7) is 17.2.